The predicted molar refractivity (Wildman–Crippen MR) is 291 cm³/mol. The van der Waals surface area contributed by atoms with Crippen LogP contribution in [0.3, 0.4) is 0 Å². The second-order valence-corrected chi connectivity index (χ2v) is 26.2. The van der Waals surface area contributed by atoms with Gasteiger partial charge in [0.2, 0.25) is 0 Å². The summed E-state index contributed by atoms with van der Waals surface area (Å²) in [5.41, 5.74) is 24.2. The van der Waals surface area contributed by atoms with Crippen molar-refractivity contribution in [3.8, 4) is 11.1 Å². The Hall–Kier alpha value is -4.80. The van der Waals surface area contributed by atoms with Gasteiger partial charge in [-0.15, -0.1) is 11.3 Å². The lowest BCUT2D eigenvalue weighted by molar-refractivity contribution is 0.332. The Labute approximate surface area is 400 Å². The van der Waals surface area contributed by atoms with E-state index < -0.39 is 0 Å². The maximum Gasteiger partial charge on any atom is 0.198 e. The quantitative estimate of drug-likeness (QED) is 0.177. The molecule has 7 aromatic rings. The van der Waals surface area contributed by atoms with E-state index in [4.69, 9.17) is 0 Å². The second-order valence-electron chi connectivity index (χ2n) is 25.2. The molecule has 4 heteroatoms. The number of nitrogens with one attached hydrogen (secondary N) is 1. The summed E-state index contributed by atoms with van der Waals surface area (Å²) in [6.07, 6.45) is 7.17. The maximum absolute atomic E-state index is 4.18. The van der Waals surface area contributed by atoms with E-state index in [0.717, 1.165) is 7.28 Å². The third-order valence-corrected chi connectivity index (χ3v) is 18.8. The Morgan fingerprint density at radius 3 is 1.71 bits per heavy atom. The van der Waals surface area contributed by atoms with Gasteiger partial charge in [-0.25, -0.2) is 0 Å². The predicted octanol–water partition coefficient (Wildman–Crippen LogP) is 16.3. The monoisotopic (exact) mass is 887 g/mol. The normalized spacial score (nSPS) is 20.1. The molecule has 66 heavy (non-hydrogen) atoms. The fraction of sp³-hybridized carbons (Fsp3) is 0.419. The lowest BCUT2D eigenvalue weighted by Crippen LogP contribution is -2.42. The van der Waals surface area contributed by atoms with Gasteiger partial charge in [-0.1, -0.05) is 137 Å². The smallest absolute Gasteiger partial charge is 0.198 e. The van der Waals surface area contributed by atoms with Gasteiger partial charge in [0, 0.05) is 43.8 Å². The molecule has 4 aliphatic rings. The van der Waals surface area contributed by atoms with Crippen LogP contribution in [0.15, 0.2) is 91.0 Å². The Morgan fingerprint density at radius 2 is 1.06 bits per heavy atom. The first kappa shape index (κ1) is 43.8. The number of benzene rings is 6. The molecule has 0 atom stereocenters. The lowest BCUT2D eigenvalue weighted by atomic mass is 9.57. The zero-order chi connectivity index (χ0) is 46.7. The topological polar surface area (TPSA) is 15.3 Å². The van der Waals surface area contributed by atoms with Crippen LogP contribution in [0.5, 0.6) is 0 Å². The summed E-state index contributed by atoms with van der Waals surface area (Å²) in [6, 6.07) is 36.6. The van der Waals surface area contributed by atoms with Crippen molar-refractivity contribution in [1.82, 2.24) is 0 Å². The Balaban J connectivity index is 1.18. The minimum absolute atomic E-state index is 0.0652. The number of thiophene rings is 1. The molecule has 6 aromatic carbocycles. The molecule has 1 N–H and O–H groups in total. The molecule has 2 nitrogen and oxygen atoms in total. The molecule has 0 saturated heterocycles. The molecule has 1 aliphatic heterocycles. The molecule has 338 valence electrons. The van der Waals surface area contributed by atoms with Crippen LogP contribution >= 0.6 is 11.3 Å². The van der Waals surface area contributed by atoms with E-state index in [1.807, 2.05) is 11.3 Å². The summed E-state index contributed by atoms with van der Waals surface area (Å²) in [5, 5.41) is 6.89. The van der Waals surface area contributed by atoms with Gasteiger partial charge in [-0.3, -0.25) is 0 Å². The van der Waals surface area contributed by atoms with Crippen molar-refractivity contribution in [1.29, 1.82) is 0 Å². The average molecular weight is 887 g/mol. The number of fused-ring (bicyclic) bond motifs is 9. The zero-order valence-corrected chi connectivity index (χ0v) is 43.3. The van der Waals surface area contributed by atoms with Crippen molar-refractivity contribution in [2.75, 3.05) is 10.2 Å². The second kappa shape index (κ2) is 14.4. The minimum atomic E-state index is 0.0652. The van der Waals surface area contributed by atoms with Crippen molar-refractivity contribution in [3.05, 3.63) is 136 Å². The fourth-order valence-electron chi connectivity index (χ4n) is 12.9. The highest BCUT2D eigenvalue weighted by molar-refractivity contribution is 7.26. The molecule has 3 aliphatic carbocycles. The van der Waals surface area contributed by atoms with E-state index in [0.29, 0.717) is 0 Å². The Bertz CT molecular complexity index is 3190. The molecular formula is C62H71BN2S. The summed E-state index contributed by atoms with van der Waals surface area (Å²) in [5.74, 6) is 0. The average Bonchev–Trinajstić information content (AvgIpc) is 3.64. The van der Waals surface area contributed by atoms with Crippen LogP contribution in [0.1, 0.15) is 166 Å². The van der Waals surface area contributed by atoms with E-state index in [1.165, 1.54) is 154 Å². The van der Waals surface area contributed by atoms with E-state index >= 15 is 0 Å². The third-order valence-electron chi connectivity index (χ3n) is 17.6. The summed E-state index contributed by atoms with van der Waals surface area (Å²) in [6.45, 7) is 34.2. The van der Waals surface area contributed by atoms with Crippen LogP contribution in [0.25, 0.3) is 31.3 Å². The molecule has 0 fully saturated rings. The number of rotatable bonds is 4. The van der Waals surface area contributed by atoms with Gasteiger partial charge >= 0.3 is 0 Å². The standard InChI is InChI=1S/C62H71BN2S/c1-36-29-42(41-33-46-47(61(11,12)27-26-60(46,9)10)34-50(41)64-38-19-21-43-45(32-38)59(7,8)24-23-57(43,3)4)54-52(30-36)65(51-35-48-44(31-37(51)2)58(5,6)25-28-62(48,13)14)55-49(63-54)22-20-40-39-17-15-16-18-53(39)66-56(40)55/h15-22,29-35,63-64H,23-28H2,1-14H3. The molecule has 0 spiro atoms. The number of hydrogen-bond donors (Lipinski definition) is 1. The van der Waals surface area contributed by atoms with Crippen LogP contribution in [0.4, 0.5) is 28.4 Å². The summed E-state index contributed by atoms with van der Waals surface area (Å²) in [4.78, 5) is 2.72. The molecule has 11 rings (SSSR count). The van der Waals surface area contributed by atoms with Crippen molar-refractivity contribution < 1.29 is 0 Å². The molecule has 2 heterocycles. The molecule has 0 saturated carbocycles. The van der Waals surface area contributed by atoms with E-state index in [-0.39, 0.29) is 32.5 Å². The van der Waals surface area contributed by atoms with E-state index in [1.54, 1.807) is 0 Å². The van der Waals surface area contributed by atoms with Gasteiger partial charge < -0.3 is 10.2 Å². The van der Waals surface area contributed by atoms with Gasteiger partial charge in [-0.2, -0.15) is 0 Å². The van der Waals surface area contributed by atoms with Gasteiger partial charge in [0.15, 0.2) is 7.28 Å². The van der Waals surface area contributed by atoms with Gasteiger partial charge in [0.1, 0.15) is 0 Å². The first-order valence-electron chi connectivity index (χ1n) is 25.1. The SMILES string of the molecule is Cc1cc(-c2cc3c(cc2Nc2ccc4c(c2)C(C)(C)CCC4(C)C)C(C)(C)CCC3(C)C)c2c(c1)N(c1cc3c(cc1C)C(C)(C)CCC3(C)C)c1c(ccc3c1sc1ccccc13)B2. The molecule has 0 amide bonds. The number of anilines is 5. The number of nitrogens with zero attached hydrogens (tertiary/aromatic N) is 1. The van der Waals surface area contributed by atoms with Gasteiger partial charge in [0.25, 0.3) is 0 Å². The highest BCUT2D eigenvalue weighted by Crippen LogP contribution is 2.54. The Morgan fingerprint density at radius 1 is 0.500 bits per heavy atom. The highest BCUT2D eigenvalue weighted by Gasteiger charge is 2.42. The first-order chi connectivity index (χ1) is 31.0. The van der Waals surface area contributed by atoms with Crippen LogP contribution in [-0.2, 0) is 32.5 Å². The lowest BCUT2D eigenvalue weighted by Gasteiger charge is -2.44. The van der Waals surface area contributed by atoms with E-state index in [2.05, 4.69) is 198 Å². The molecule has 0 radical (unpaired) electrons. The van der Waals surface area contributed by atoms with Crippen molar-refractivity contribution in [2.24, 2.45) is 0 Å². The summed E-state index contributed by atoms with van der Waals surface area (Å²) in [7, 11) is 0.872. The summed E-state index contributed by atoms with van der Waals surface area (Å²) >= 11 is 1.96. The van der Waals surface area contributed by atoms with Crippen LogP contribution < -0.4 is 21.1 Å². The largest absolute Gasteiger partial charge is 0.355 e. The van der Waals surface area contributed by atoms with Crippen molar-refractivity contribution >= 4 is 78.2 Å². The highest BCUT2D eigenvalue weighted by atomic mass is 32.1. The molecule has 0 bridgehead atoms. The van der Waals surface area contributed by atoms with Gasteiger partial charge in [-0.05, 0) is 183 Å². The van der Waals surface area contributed by atoms with Gasteiger partial charge in [0.05, 0.1) is 10.4 Å². The molecule has 0 unspecified atom stereocenters. The van der Waals surface area contributed by atoms with Crippen molar-refractivity contribution in [3.63, 3.8) is 0 Å². The molecule has 1 aromatic heterocycles. The van der Waals surface area contributed by atoms with Crippen LogP contribution in [0.2, 0.25) is 0 Å². The zero-order valence-electron chi connectivity index (χ0n) is 42.5. The van der Waals surface area contributed by atoms with Crippen molar-refractivity contribution in [2.45, 2.75) is 168 Å². The maximum atomic E-state index is 4.18. The molecular weight excluding hydrogens is 816 g/mol. The summed E-state index contributed by atoms with van der Waals surface area (Å²) < 4.78 is 2.74. The van der Waals surface area contributed by atoms with E-state index in [9.17, 15) is 0 Å². The minimum Gasteiger partial charge on any atom is -0.355 e. The number of aryl methyl sites for hydroxylation is 2. The first-order valence-corrected chi connectivity index (χ1v) is 25.9. The fourth-order valence-corrected chi connectivity index (χ4v) is 14.2. The third kappa shape index (κ3) is 6.69. The van der Waals surface area contributed by atoms with Crippen LogP contribution in [-0.4, -0.2) is 7.28 Å². The number of hydrogen-bond acceptors (Lipinski definition) is 3. The Kier molecular flexibility index (Phi) is 9.52. The van der Waals surface area contributed by atoms with Crippen LogP contribution in [0, 0.1) is 13.8 Å².